The predicted molar refractivity (Wildman–Crippen MR) is 147 cm³/mol. The third kappa shape index (κ3) is 6.81. The first-order valence-electron chi connectivity index (χ1n) is 13.0. The van der Waals surface area contributed by atoms with Crippen molar-refractivity contribution >= 4 is 17.3 Å². The zero-order chi connectivity index (χ0) is 25.5. The number of benzene rings is 3. The lowest BCUT2D eigenvalue weighted by molar-refractivity contribution is -0.124. The summed E-state index contributed by atoms with van der Waals surface area (Å²) in [4.78, 5) is 18.7. The van der Waals surface area contributed by atoms with Crippen LogP contribution in [0.15, 0.2) is 72.8 Å². The molecule has 1 N–H and O–H groups in total. The van der Waals surface area contributed by atoms with Gasteiger partial charge in [-0.25, -0.2) is 0 Å². The Morgan fingerprint density at radius 3 is 2.35 bits per heavy atom. The number of hydrogen-bond acceptors (Lipinski definition) is 6. The van der Waals surface area contributed by atoms with Gasteiger partial charge in [0, 0.05) is 57.2 Å². The number of nitrogens with one attached hydrogen (secondary N) is 1. The number of morpholine rings is 1. The Labute approximate surface area is 219 Å². The number of ether oxygens (including phenoxy) is 2. The Hall–Kier alpha value is -3.55. The van der Waals surface area contributed by atoms with Crippen molar-refractivity contribution in [3.8, 4) is 5.75 Å². The zero-order valence-electron chi connectivity index (χ0n) is 21.6. The Kier molecular flexibility index (Phi) is 8.23. The number of carbonyl (C=O) groups excluding carboxylic acids is 1. The minimum absolute atomic E-state index is 0.104. The molecule has 7 nitrogen and oxygen atoms in total. The molecule has 5 rings (SSSR count). The Balaban J connectivity index is 1.32. The average molecular weight is 501 g/mol. The van der Waals surface area contributed by atoms with Gasteiger partial charge in [-0.1, -0.05) is 36.4 Å². The standard InChI is InChI=1S/C30H36N4O3/c1-36-29-4-2-3-26(19-29)22-34(21-25-7-9-27(10-8-25)33-15-17-37-18-16-33)28-11-5-24(6-12-28)20-32-14-13-31-30(35)23-32/h2-12,19H,13-18,20-23H2,1H3,(H,31,35). The maximum absolute atomic E-state index is 11.7. The maximum Gasteiger partial charge on any atom is 0.234 e. The molecular formula is C30H36N4O3. The molecule has 2 fully saturated rings. The number of rotatable bonds is 9. The molecule has 194 valence electrons. The fraction of sp³-hybridized carbons (Fsp3) is 0.367. The number of anilines is 2. The second-order valence-corrected chi connectivity index (χ2v) is 9.70. The molecule has 3 aromatic rings. The van der Waals surface area contributed by atoms with Crippen LogP contribution in [0.5, 0.6) is 5.75 Å². The highest BCUT2D eigenvalue weighted by Crippen LogP contribution is 2.25. The molecule has 0 spiro atoms. The second kappa shape index (κ2) is 12.1. The second-order valence-electron chi connectivity index (χ2n) is 9.70. The summed E-state index contributed by atoms with van der Waals surface area (Å²) < 4.78 is 11.0. The van der Waals surface area contributed by atoms with Crippen LogP contribution in [0.2, 0.25) is 0 Å². The van der Waals surface area contributed by atoms with Gasteiger partial charge < -0.3 is 24.6 Å². The van der Waals surface area contributed by atoms with Gasteiger partial charge in [0.25, 0.3) is 0 Å². The third-order valence-corrected chi connectivity index (χ3v) is 7.02. The monoisotopic (exact) mass is 500 g/mol. The lowest BCUT2D eigenvalue weighted by atomic mass is 10.1. The van der Waals surface area contributed by atoms with Crippen LogP contribution in [-0.2, 0) is 29.2 Å². The van der Waals surface area contributed by atoms with Crippen LogP contribution in [0.1, 0.15) is 16.7 Å². The largest absolute Gasteiger partial charge is 0.497 e. The topological polar surface area (TPSA) is 57.3 Å². The van der Waals surface area contributed by atoms with Crippen molar-refractivity contribution in [1.82, 2.24) is 10.2 Å². The van der Waals surface area contributed by atoms with Crippen LogP contribution < -0.4 is 19.9 Å². The molecule has 2 heterocycles. The number of hydrogen-bond donors (Lipinski definition) is 1. The van der Waals surface area contributed by atoms with Crippen LogP contribution in [0.4, 0.5) is 11.4 Å². The zero-order valence-corrected chi connectivity index (χ0v) is 21.6. The van der Waals surface area contributed by atoms with Gasteiger partial charge in [-0.15, -0.1) is 0 Å². The van der Waals surface area contributed by atoms with Gasteiger partial charge in [-0.05, 0) is 53.1 Å². The summed E-state index contributed by atoms with van der Waals surface area (Å²) >= 11 is 0. The van der Waals surface area contributed by atoms with E-state index in [1.165, 1.54) is 28.1 Å². The van der Waals surface area contributed by atoms with E-state index in [1.807, 2.05) is 12.1 Å². The van der Waals surface area contributed by atoms with Crippen molar-refractivity contribution in [3.05, 3.63) is 89.5 Å². The van der Waals surface area contributed by atoms with Gasteiger partial charge in [0.15, 0.2) is 0 Å². The van der Waals surface area contributed by atoms with Crippen molar-refractivity contribution < 1.29 is 14.3 Å². The molecule has 0 atom stereocenters. The highest BCUT2D eigenvalue weighted by Gasteiger charge is 2.17. The number of nitrogens with zero attached hydrogens (tertiary/aromatic N) is 3. The molecule has 0 radical (unpaired) electrons. The minimum Gasteiger partial charge on any atom is -0.497 e. The summed E-state index contributed by atoms with van der Waals surface area (Å²) in [6, 6.07) is 25.9. The summed E-state index contributed by atoms with van der Waals surface area (Å²) in [5.74, 6) is 0.972. The maximum atomic E-state index is 11.7. The molecule has 7 heteroatoms. The van der Waals surface area contributed by atoms with Crippen molar-refractivity contribution in [2.75, 3.05) is 62.8 Å². The molecule has 1 amide bonds. The lowest BCUT2D eigenvalue weighted by Gasteiger charge is -2.29. The van der Waals surface area contributed by atoms with E-state index < -0.39 is 0 Å². The summed E-state index contributed by atoms with van der Waals surface area (Å²) in [5.41, 5.74) is 6.10. The van der Waals surface area contributed by atoms with E-state index in [4.69, 9.17) is 9.47 Å². The van der Waals surface area contributed by atoms with Crippen molar-refractivity contribution in [3.63, 3.8) is 0 Å². The van der Waals surface area contributed by atoms with Crippen molar-refractivity contribution in [2.24, 2.45) is 0 Å². The fourth-order valence-corrected chi connectivity index (χ4v) is 4.98. The molecule has 2 aliphatic rings. The van der Waals surface area contributed by atoms with Crippen LogP contribution in [0.25, 0.3) is 0 Å². The van der Waals surface area contributed by atoms with Gasteiger partial charge >= 0.3 is 0 Å². The molecule has 0 saturated carbocycles. The molecule has 0 aromatic heterocycles. The summed E-state index contributed by atoms with van der Waals surface area (Å²) in [5, 5.41) is 2.89. The van der Waals surface area contributed by atoms with E-state index >= 15 is 0 Å². The Morgan fingerprint density at radius 2 is 1.62 bits per heavy atom. The number of piperazine rings is 1. The number of methoxy groups -OCH3 is 1. The molecule has 0 unspecified atom stereocenters. The molecule has 2 aliphatic heterocycles. The SMILES string of the molecule is COc1cccc(CN(Cc2ccc(N3CCOCC3)cc2)c2ccc(CN3CCNC(=O)C3)cc2)c1. The van der Waals surface area contributed by atoms with E-state index in [-0.39, 0.29) is 5.91 Å². The molecular weight excluding hydrogens is 464 g/mol. The summed E-state index contributed by atoms with van der Waals surface area (Å²) in [6.07, 6.45) is 0. The van der Waals surface area contributed by atoms with E-state index in [0.717, 1.165) is 64.8 Å². The minimum atomic E-state index is 0.104. The number of amides is 1. The fourth-order valence-electron chi connectivity index (χ4n) is 4.98. The molecule has 0 aliphatic carbocycles. The van der Waals surface area contributed by atoms with Gasteiger partial charge in [-0.2, -0.15) is 0 Å². The summed E-state index contributed by atoms with van der Waals surface area (Å²) in [6.45, 7) is 7.88. The van der Waals surface area contributed by atoms with Crippen LogP contribution in [-0.4, -0.2) is 63.9 Å². The van der Waals surface area contributed by atoms with Gasteiger partial charge in [0.05, 0.1) is 26.9 Å². The first kappa shape index (κ1) is 25.1. The van der Waals surface area contributed by atoms with Gasteiger partial charge in [-0.3, -0.25) is 9.69 Å². The van der Waals surface area contributed by atoms with Crippen LogP contribution in [0.3, 0.4) is 0 Å². The lowest BCUT2D eigenvalue weighted by Crippen LogP contribution is -2.47. The first-order chi connectivity index (χ1) is 18.2. The highest BCUT2D eigenvalue weighted by atomic mass is 16.5. The molecule has 2 saturated heterocycles. The number of carbonyl (C=O) groups is 1. The normalized spacial score (nSPS) is 16.4. The van der Waals surface area contributed by atoms with Crippen molar-refractivity contribution in [1.29, 1.82) is 0 Å². The van der Waals surface area contributed by atoms with E-state index in [0.29, 0.717) is 6.54 Å². The Morgan fingerprint density at radius 1 is 0.892 bits per heavy atom. The highest BCUT2D eigenvalue weighted by molar-refractivity contribution is 5.78. The summed E-state index contributed by atoms with van der Waals surface area (Å²) in [7, 11) is 1.71. The van der Waals surface area contributed by atoms with E-state index in [2.05, 4.69) is 80.7 Å². The molecule has 3 aromatic carbocycles. The van der Waals surface area contributed by atoms with E-state index in [1.54, 1.807) is 7.11 Å². The van der Waals surface area contributed by atoms with Gasteiger partial charge in [0.1, 0.15) is 5.75 Å². The average Bonchev–Trinajstić information content (AvgIpc) is 2.94. The third-order valence-electron chi connectivity index (χ3n) is 7.02. The smallest absolute Gasteiger partial charge is 0.234 e. The predicted octanol–water partition coefficient (Wildman–Crippen LogP) is 3.67. The molecule has 37 heavy (non-hydrogen) atoms. The quantitative estimate of drug-likeness (QED) is 0.484. The van der Waals surface area contributed by atoms with Gasteiger partial charge in [0.2, 0.25) is 5.91 Å². The first-order valence-corrected chi connectivity index (χ1v) is 13.0. The Bertz CT molecular complexity index is 1160. The van der Waals surface area contributed by atoms with Crippen molar-refractivity contribution in [2.45, 2.75) is 19.6 Å². The van der Waals surface area contributed by atoms with E-state index in [9.17, 15) is 4.79 Å². The van der Waals surface area contributed by atoms with Crippen LogP contribution >= 0.6 is 0 Å². The molecule has 0 bridgehead atoms. The van der Waals surface area contributed by atoms with Crippen LogP contribution in [0, 0.1) is 0 Å².